The first-order valence-electron chi connectivity index (χ1n) is 12.0. The molecule has 2 aromatic carbocycles. The highest BCUT2D eigenvalue weighted by molar-refractivity contribution is 6.02. The van der Waals surface area contributed by atoms with Gasteiger partial charge < -0.3 is 0 Å². The Morgan fingerprint density at radius 3 is 1.25 bits per heavy atom. The zero-order valence-electron chi connectivity index (χ0n) is 20.1. The molecule has 0 nitrogen and oxygen atoms in total. The van der Waals surface area contributed by atoms with E-state index in [1.807, 2.05) is 0 Å². The fourth-order valence-corrected chi connectivity index (χ4v) is 5.99. The third-order valence-electron chi connectivity index (χ3n) is 7.75. The van der Waals surface area contributed by atoms with E-state index >= 15 is 0 Å². The van der Waals surface area contributed by atoms with Gasteiger partial charge in [0.15, 0.2) is 0 Å². The Morgan fingerprint density at radius 1 is 0.500 bits per heavy atom. The Bertz CT molecular complexity index is 1310. The normalized spacial score (nSPS) is 23.3. The summed E-state index contributed by atoms with van der Waals surface area (Å²) < 4.78 is 0. The average molecular weight is 417 g/mol. The highest BCUT2D eigenvalue weighted by atomic mass is 14.5. The van der Waals surface area contributed by atoms with Crippen LogP contribution in [0.2, 0.25) is 0 Å². The van der Waals surface area contributed by atoms with Crippen LogP contribution in [0, 0.1) is 22.7 Å². The molecule has 4 aliphatic rings. The Balaban J connectivity index is 1.82. The molecule has 0 amide bonds. The van der Waals surface area contributed by atoms with Crippen LogP contribution in [0.25, 0.3) is 22.3 Å². The summed E-state index contributed by atoms with van der Waals surface area (Å²) in [6, 6.07) is 18.2. The molecule has 0 saturated heterocycles. The quantitative estimate of drug-likeness (QED) is 0.449. The van der Waals surface area contributed by atoms with Crippen molar-refractivity contribution in [1.82, 2.24) is 0 Å². The molecule has 0 saturated carbocycles. The maximum atomic E-state index is 2.51. The van der Waals surface area contributed by atoms with Gasteiger partial charge in [-0.05, 0) is 65.8 Å². The van der Waals surface area contributed by atoms with Gasteiger partial charge in [0, 0.05) is 11.8 Å². The van der Waals surface area contributed by atoms with Crippen molar-refractivity contribution in [3.8, 4) is 0 Å². The Hall–Kier alpha value is -2.86. The standard InChI is InChI=1S/C32H32/c1-31(2,3)19-15-25-21-11-7-9-13-23(21)27-17-20(32(4,5)6)18-28-24-14-10-8-12-22(24)26(16-19)29(25)30(27)28/h7-18,29-30H,1-6H3. The van der Waals surface area contributed by atoms with E-state index in [-0.39, 0.29) is 10.8 Å². The fourth-order valence-electron chi connectivity index (χ4n) is 5.99. The van der Waals surface area contributed by atoms with Gasteiger partial charge in [-0.2, -0.15) is 0 Å². The van der Waals surface area contributed by atoms with Crippen molar-refractivity contribution >= 4 is 22.3 Å². The van der Waals surface area contributed by atoms with Crippen molar-refractivity contribution < 1.29 is 0 Å². The second-order valence-corrected chi connectivity index (χ2v) is 11.9. The molecule has 2 aromatic rings. The van der Waals surface area contributed by atoms with Crippen LogP contribution in [0.3, 0.4) is 0 Å². The van der Waals surface area contributed by atoms with Gasteiger partial charge in [-0.15, -0.1) is 0 Å². The van der Waals surface area contributed by atoms with Crippen molar-refractivity contribution in [2.24, 2.45) is 22.7 Å². The zero-order chi connectivity index (χ0) is 22.4. The molecule has 2 unspecified atom stereocenters. The van der Waals surface area contributed by atoms with Crippen molar-refractivity contribution in [3.05, 3.63) is 106 Å². The SMILES string of the molecule is CC(C)(C)C1=CC2=c3ccccc3=C3C=C(C(C)(C)C)C=C4c5ccccc5C(=C1)C2C43. The Labute approximate surface area is 192 Å². The largest absolute Gasteiger partial charge is 0.0616 e. The Morgan fingerprint density at radius 2 is 0.875 bits per heavy atom. The summed E-state index contributed by atoms with van der Waals surface area (Å²) in [5, 5.41) is 2.84. The van der Waals surface area contributed by atoms with E-state index in [0.29, 0.717) is 11.8 Å². The van der Waals surface area contributed by atoms with Crippen LogP contribution in [0.4, 0.5) is 0 Å². The van der Waals surface area contributed by atoms with E-state index in [9.17, 15) is 0 Å². The van der Waals surface area contributed by atoms with Gasteiger partial charge in [0.2, 0.25) is 0 Å². The molecule has 0 heterocycles. The van der Waals surface area contributed by atoms with Crippen molar-refractivity contribution in [2.75, 3.05) is 0 Å². The van der Waals surface area contributed by atoms with E-state index in [1.54, 1.807) is 0 Å². The van der Waals surface area contributed by atoms with E-state index in [1.165, 1.54) is 55.0 Å². The molecule has 0 N–H and O–H groups in total. The van der Waals surface area contributed by atoms with E-state index in [2.05, 4.69) is 114 Å². The van der Waals surface area contributed by atoms with Gasteiger partial charge in [-0.25, -0.2) is 0 Å². The summed E-state index contributed by atoms with van der Waals surface area (Å²) in [6.45, 7) is 14.0. The molecule has 0 aliphatic heterocycles. The molecular formula is C32H32. The van der Waals surface area contributed by atoms with Crippen LogP contribution < -0.4 is 10.4 Å². The first-order valence-corrected chi connectivity index (χ1v) is 12.0. The number of rotatable bonds is 0. The molecule has 0 fully saturated rings. The first-order chi connectivity index (χ1) is 15.1. The van der Waals surface area contributed by atoms with Gasteiger partial charge in [0.1, 0.15) is 0 Å². The summed E-state index contributed by atoms with van der Waals surface area (Å²) in [5.41, 5.74) is 11.9. The van der Waals surface area contributed by atoms with Crippen LogP contribution in [-0.4, -0.2) is 0 Å². The summed E-state index contributed by atoms with van der Waals surface area (Å²) >= 11 is 0. The van der Waals surface area contributed by atoms with Gasteiger partial charge >= 0.3 is 0 Å². The predicted octanol–water partition coefficient (Wildman–Crippen LogP) is 6.69. The molecule has 0 aromatic heterocycles. The van der Waals surface area contributed by atoms with E-state index in [4.69, 9.17) is 0 Å². The molecule has 160 valence electrons. The van der Waals surface area contributed by atoms with E-state index < -0.39 is 0 Å². The highest BCUT2D eigenvalue weighted by Crippen LogP contribution is 2.58. The number of benzene rings is 2. The highest BCUT2D eigenvalue weighted by Gasteiger charge is 2.44. The lowest BCUT2D eigenvalue weighted by Gasteiger charge is -2.46. The minimum Gasteiger partial charge on any atom is -0.0616 e. The summed E-state index contributed by atoms with van der Waals surface area (Å²) in [4.78, 5) is 0. The summed E-state index contributed by atoms with van der Waals surface area (Å²) in [6.07, 6.45) is 10.0. The topological polar surface area (TPSA) is 0 Å². The molecule has 0 spiro atoms. The summed E-state index contributed by atoms with van der Waals surface area (Å²) in [5.74, 6) is 0.787. The maximum Gasteiger partial charge on any atom is 0.0212 e. The number of hydrogen-bond acceptors (Lipinski definition) is 0. The van der Waals surface area contributed by atoms with Gasteiger partial charge in [0.25, 0.3) is 0 Å². The fraction of sp³-hybridized carbons (Fsp3) is 0.312. The zero-order valence-corrected chi connectivity index (χ0v) is 20.1. The van der Waals surface area contributed by atoms with Crippen molar-refractivity contribution in [1.29, 1.82) is 0 Å². The maximum absolute atomic E-state index is 2.51. The summed E-state index contributed by atoms with van der Waals surface area (Å²) in [7, 11) is 0. The lowest BCUT2D eigenvalue weighted by atomic mass is 9.57. The number of allylic oxidation sites excluding steroid dienone is 8. The molecule has 2 atom stereocenters. The van der Waals surface area contributed by atoms with Crippen LogP contribution in [0.5, 0.6) is 0 Å². The average Bonchev–Trinajstić information content (AvgIpc) is 2.76. The molecule has 32 heavy (non-hydrogen) atoms. The molecule has 0 heteroatoms. The second kappa shape index (κ2) is 6.35. The molecule has 6 rings (SSSR count). The second-order valence-electron chi connectivity index (χ2n) is 11.9. The first kappa shape index (κ1) is 19.8. The van der Waals surface area contributed by atoms with Crippen molar-refractivity contribution in [3.63, 3.8) is 0 Å². The third-order valence-corrected chi connectivity index (χ3v) is 7.75. The predicted molar refractivity (Wildman–Crippen MR) is 137 cm³/mol. The molecule has 0 bridgehead atoms. The third kappa shape index (κ3) is 2.68. The lowest BCUT2D eigenvalue weighted by molar-refractivity contribution is 0.511. The number of fused-ring (bicyclic) bond motifs is 4. The van der Waals surface area contributed by atoms with Crippen molar-refractivity contribution in [2.45, 2.75) is 41.5 Å². The Kier molecular flexibility index (Phi) is 3.93. The van der Waals surface area contributed by atoms with Crippen LogP contribution in [0.1, 0.15) is 52.7 Å². The minimum atomic E-state index is 0.112. The van der Waals surface area contributed by atoms with Gasteiger partial charge in [-0.3, -0.25) is 0 Å². The smallest absolute Gasteiger partial charge is 0.0212 e. The van der Waals surface area contributed by atoms with Crippen LogP contribution >= 0.6 is 0 Å². The lowest BCUT2D eigenvalue weighted by Crippen LogP contribution is -2.43. The minimum absolute atomic E-state index is 0.112. The van der Waals surface area contributed by atoms with Crippen LogP contribution in [-0.2, 0) is 0 Å². The molecule has 0 radical (unpaired) electrons. The molecular weight excluding hydrogens is 384 g/mol. The number of hydrogen-bond donors (Lipinski definition) is 0. The van der Waals surface area contributed by atoms with Crippen LogP contribution in [0.15, 0.2) is 84.0 Å². The van der Waals surface area contributed by atoms with E-state index in [0.717, 1.165) is 0 Å². The molecule has 4 aliphatic carbocycles. The van der Waals surface area contributed by atoms with Gasteiger partial charge in [0.05, 0.1) is 0 Å². The van der Waals surface area contributed by atoms with Gasteiger partial charge in [-0.1, -0.05) is 114 Å². The monoisotopic (exact) mass is 416 g/mol.